The lowest BCUT2D eigenvalue weighted by Crippen LogP contribution is -2.13. The molecule has 2 aromatic heterocycles. The van der Waals surface area contributed by atoms with Crippen molar-refractivity contribution in [1.82, 2.24) is 24.5 Å². The summed E-state index contributed by atoms with van der Waals surface area (Å²) < 4.78 is 31.4. The van der Waals surface area contributed by atoms with E-state index in [1.54, 1.807) is 21.9 Å². The van der Waals surface area contributed by atoms with Gasteiger partial charge in [0.25, 0.3) is 0 Å². The SMILES string of the molecule is C=C(c1ccc(-c2ccnn2C)cc1)C(Cn1cncn1)c1ccc(F)cc1F. The molecule has 0 bridgehead atoms. The fourth-order valence-corrected chi connectivity index (χ4v) is 3.41. The number of aromatic nitrogens is 5. The van der Waals surface area contributed by atoms with Gasteiger partial charge in [-0.2, -0.15) is 10.2 Å². The Balaban J connectivity index is 1.68. The van der Waals surface area contributed by atoms with Crippen molar-refractivity contribution in [3.63, 3.8) is 0 Å². The van der Waals surface area contributed by atoms with Crippen molar-refractivity contribution in [2.45, 2.75) is 12.5 Å². The maximum absolute atomic E-state index is 14.6. The van der Waals surface area contributed by atoms with Gasteiger partial charge in [-0.25, -0.2) is 13.8 Å². The van der Waals surface area contributed by atoms with Gasteiger partial charge in [0.2, 0.25) is 0 Å². The van der Waals surface area contributed by atoms with Crippen LogP contribution in [0.2, 0.25) is 0 Å². The van der Waals surface area contributed by atoms with Crippen LogP contribution in [0.5, 0.6) is 0 Å². The van der Waals surface area contributed by atoms with Gasteiger partial charge in [-0.1, -0.05) is 36.9 Å². The van der Waals surface area contributed by atoms with Gasteiger partial charge in [-0.15, -0.1) is 0 Å². The summed E-state index contributed by atoms with van der Waals surface area (Å²) in [6, 6.07) is 13.4. The highest BCUT2D eigenvalue weighted by Crippen LogP contribution is 2.34. The number of hydrogen-bond donors (Lipinski definition) is 0. The zero-order valence-electron chi connectivity index (χ0n) is 15.8. The first-order chi connectivity index (χ1) is 14.0. The van der Waals surface area contributed by atoms with E-state index in [4.69, 9.17) is 0 Å². The molecular weight excluding hydrogens is 372 g/mol. The van der Waals surface area contributed by atoms with Crippen molar-refractivity contribution in [3.8, 4) is 11.3 Å². The lowest BCUT2D eigenvalue weighted by Gasteiger charge is -2.21. The molecule has 146 valence electrons. The predicted molar refractivity (Wildman–Crippen MR) is 107 cm³/mol. The van der Waals surface area contributed by atoms with Crippen LogP contribution < -0.4 is 0 Å². The fourth-order valence-electron chi connectivity index (χ4n) is 3.41. The normalized spacial score (nSPS) is 12.1. The maximum Gasteiger partial charge on any atom is 0.137 e. The molecule has 0 aliphatic carbocycles. The van der Waals surface area contributed by atoms with Gasteiger partial charge >= 0.3 is 0 Å². The average molecular weight is 391 g/mol. The van der Waals surface area contributed by atoms with Gasteiger partial charge in [-0.05, 0) is 34.4 Å². The van der Waals surface area contributed by atoms with Crippen LogP contribution in [0.25, 0.3) is 16.8 Å². The van der Waals surface area contributed by atoms with E-state index in [1.165, 1.54) is 18.5 Å². The number of benzene rings is 2. The highest BCUT2D eigenvalue weighted by molar-refractivity contribution is 5.72. The molecule has 2 aromatic carbocycles. The minimum atomic E-state index is -0.614. The summed E-state index contributed by atoms with van der Waals surface area (Å²) in [6.45, 7) is 4.55. The molecule has 0 aliphatic heterocycles. The van der Waals surface area contributed by atoms with Crippen LogP contribution in [0, 0.1) is 11.6 Å². The molecule has 1 unspecified atom stereocenters. The number of allylic oxidation sites excluding steroid dienone is 1. The summed E-state index contributed by atoms with van der Waals surface area (Å²) in [7, 11) is 1.88. The third-order valence-corrected chi connectivity index (χ3v) is 4.97. The van der Waals surface area contributed by atoms with Gasteiger partial charge in [-0.3, -0.25) is 9.36 Å². The number of rotatable bonds is 6. The molecule has 4 rings (SSSR count). The standard InChI is InChI=1S/C22H19F2N5/c1-15(16-3-5-17(6-4-16)22-9-10-26-28(22)2)20(12-29-14-25-13-27-29)19-8-7-18(23)11-21(19)24/h3-11,13-14,20H,1,12H2,2H3. The molecule has 0 saturated carbocycles. The molecular formula is C22H19F2N5. The zero-order valence-corrected chi connectivity index (χ0v) is 15.8. The second kappa shape index (κ2) is 7.79. The molecule has 29 heavy (non-hydrogen) atoms. The van der Waals surface area contributed by atoms with E-state index in [0.29, 0.717) is 17.7 Å². The Labute approximate surface area is 167 Å². The van der Waals surface area contributed by atoms with Crippen molar-refractivity contribution < 1.29 is 8.78 Å². The van der Waals surface area contributed by atoms with Gasteiger partial charge in [0.1, 0.15) is 24.3 Å². The molecule has 1 atom stereocenters. The summed E-state index contributed by atoms with van der Waals surface area (Å²) in [5, 5.41) is 8.31. The van der Waals surface area contributed by atoms with Crippen molar-refractivity contribution in [2.75, 3.05) is 0 Å². The first-order valence-corrected chi connectivity index (χ1v) is 9.08. The van der Waals surface area contributed by atoms with Gasteiger partial charge in [0.05, 0.1) is 12.2 Å². The largest absolute Gasteiger partial charge is 0.268 e. The molecule has 4 aromatic rings. The molecule has 0 saturated heterocycles. The van der Waals surface area contributed by atoms with Crippen molar-refractivity contribution >= 4 is 5.57 Å². The predicted octanol–water partition coefficient (Wildman–Crippen LogP) is 4.45. The zero-order chi connectivity index (χ0) is 20.4. The maximum atomic E-state index is 14.6. The van der Waals surface area contributed by atoms with Gasteiger partial charge in [0.15, 0.2) is 0 Å². The molecule has 5 nitrogen and oxygen atoms in total. The van der Waals surface area contributed by atoms with Gasteiger partial charge in [0, 0.05) is 25.2 Å². The summed E-state index contributed by atoms with van der Waals surface area (Å²) >= 11 is 0. The van der Waals surface area contributed by atoms with Crippen molar-refractivity contribution in [2.24, 2.45) is 7.05 Å². The number of nitrogens with zero attached hydrogens (tertiary/aromatic N) is 5. The van der Waals surface area contributed by atoms with Crippen molar-refractivity contribution in [3.05, 3.63) is 96.7 Å². The van der Waals surface area contributed by atoms with Crippen LogP contribution in [0.3, 0.4) is 0 Å². The molecule has 0 fully saturated rings. The monoisotopic (exact) mass is 391 g/mol. The number of aryl methyl sites for hydroxylation is 1. The van der Waals surface area contributed by atoms with Crippen LogP contribution in [0.1, 0.15) is 17.0 Å². The van der Waals surface area contributed by atoms with Crippen LogP contribution >= 0.6 is 0 Å². The average Bonchev–Trinajstić information content (AvgIpc) is 3.38. The second-order valence-electron chi connectivity index (χ2n) is 6.78. The van der Waals surface area contributed by atoms with Gasteiger partial charge < -0.3 is 0 Å². The quantitative estimate of drug-likeness (QED) is 0.488. The minimum absolute atomic E-state index is 0.338. The van der Waals surface area contributed by atoms with E-state index in [2.05, 4.69) is 21.8 Å². The Hall–Kier alpha value is -3.61. The van der Waals surface area contributed by atoms with E-state index in [1.807, 2.05) is 37.4 Å². The van der Waals surface area contributed by atoms with E-state index in [0.717, 1.165) is 22.9 Å². The Morgan fingerprint density at radius 1 is 1.07 bits per heavy atom. The van der Waals surface area contributed by atoms with Crippen LogP contribution in [-0.2, 0) is 13.6 Å². The van der Waals surface area contributed by atoms with E-state index in [9.17, 15) is 8.78 Å². The van der Waals surface area contributed by atoms with Crippen molar-refractivity contribution in [1.29, 1.82) is 0 Å². The minimum Gasteiger partial charge on any atom is -0.268 e. The molecule has 0 aliphatic rings. The molecule has 0 N–H and O–H groups in total. The summed E-state index contributed by atoms with van der Waals surface area (Å²) in [5.41, 5.74) is 3.95. The summed E-state index contributed by atoms with van der Waals surface area (Å²) in [6.07, 6.45) is 4.73. The molecule has 7 heteroatoms. The summed E-state index contributed by atoms with van der Waals surface area (Å²) in [5.74, 6) is -1.65. The third kappa shape index (κ3) is 3.85. The highest BCUT2D eigenvalue weighted by atomic mass is 19.1. The topological polar surface area (TPSA) is 48.5 Å². The lowest BCUT2D eigenvalue weighted by molar-refractivity contribution is 0.534. The fraction of sp³-hybridized carbons (Fsp3) is 0.136. The molecule has 0 radical (unpaired) electrons. The molecule has 2 heterocycles. The highest BCUT2D eigenvalue weighted by Gasteiger charge is 2.22. The van der Waals surface area contributed by atoms with E-state index >= 15 is 0 Å². The smallest absolute Gasteiger partial charge is 0.137 e. The van der Waals surface area contributed by atoms with Crippen LogP contribution in [0.15, 0.2) is 74.0 Å². The molecule has 0 amide bonds. The number of hydrogen-bond acceptors (Lipinski definition) is 3. The first-order valence-electron chi connectivity index (χ1n) is 9.08. The Morgan fingerprint density at radius 2 is 1.86 bits per heavy atom. The van der Waals surface area contributed by atoms with E-state index in [-0.39, 0.29) is 0 Å². The Kier molecular flexibility index (Phi) is 5.03. The lowest BCUT2D eigenvalue weighted by atomic mass is 9.87. The number of halogens is 2. The Bertz CT molecular complexity index is 1130. The van der Waals surface area contributed by atoms with E-state index < -0.39 is 17.6 Å². The van der Waals surface area contributed by atoms with Crippen LogP contribution in [0.4, 0.5) is 8.78 Å². The summed E-state index contributed by atoms with van der Waals surface area (Å²) in [4.78, 5) is 3.95. The first kappa shape index (κ1) is 18.7. The van der Waals surface area contributed by atoms with Crippen LogP contribution in [-0.4, -0.2) is 24.5 Å². The Morgan fingerprint density at radius 3 is 2.48 bits per heavy atom. The molecule has 0 spiro atoms. The third-order valence-electron chi connectivity index (χ3n) is 4.97. The second-order valence-corrected chi connectivity index (χ2v) is 6.78.